The number of nitrogens with zero attached hydrogens (tertiary/aromatic N) is 3. The van der Waals surface area contributed by atoms with Gasteiger partial charge in [-0.15, -0.1) is 0 Å². The predicted octanol–water partition coefficient (Wildman–Crippen LogP) is 3.24. The largest absolute Gasteiger partial charge is 0.433 e. The van der Waals surface area contributed by atoms with E-state index in [1.165, 1.54) is 29.7 Å². The first-order valence-corrected chi connectivity index (χ1v) is 6.43. The summed E-state index contributed by atoms with van der Waals surface area (Å²) in [5.41, 5.74) is 3.66. The molecule has 0 aliphatic heterocycles. The number of fused-ring (bicyclic) bond motifs is 1. The molecule has 0 saturated carbocycles. The number of hydrazone groups is 1. The maximum Gasteiger partial charge on any atom is 0.433 e. The topological polar surface area (TPSA) is 93.6 Å². The van der Waals surface area contributed by atoms with Crippen LogP contribution in [0.1, 0.15) is 5.76 Å². The zero-order chi connectivity index (χ0) is 13.9. The molecule has 100 valence electrons. The Morgan fingerprint density at radius 3 is 2.95 bits per heavy atom. The standard InChI is InChI=1S/C12H8N4O3S/c17-16(18)11-6-5-8(19-11)7-13-15-12-14-9-3-1-2-4-10(9)20-12/h1-7H,(H,14,15)/b13-7-. The number of hydrogen-bond donors (Lipinski definition) is 1. The average Bonchev–Trinajstić information content (AvgIpc) is 3.04. The van der Waals surface area contributed by atoms with E-state index in [9.17, 15) is 10.1 Å². The Balaban J connectivity index is 1.71. The summed E-state index contributed by atoms with van der Waals surface area (Å²) < 4.78 is 5.99. The fraction of sp³-hybridized carbons (Fsp3) is 0. The number of anilines is 1. The van der Waals surface area contributed by atoms with Gasteiger partial charge in [0, 0.05) is 0 Å². The first-order chi connectivity index (χ1) is 9.72. The molecule has 1 N–H and O–H groups in total. The molecule has 0 fully saturated rings. The van der Waals surface area contributed by atoms with Crippen molar-refractivity contribution in [3.8, 4) is 0 Å². The summed E-state index contributed by atoms with van der Waals surface area (Å²) in [6.07, 6.45) is 1.36. The van der Waals surface area contributed by atoms with Gasteiger partial charge < -0.3 is 4.42 Å². The van der Waals surface area contributed by atoms with Gasteiger partial charge in [-0.1, -0.05) is 23.5 Å². The van der Waals surface area contributed by atoms with E-state index in [1.807, 2.05) is 24.3 Å². The van der Waals surface area contributed by atoms with Crippen molar-refractivity contribution in [3.05, 3.63) is 52.3 Å². The second-order valence-corrected chi connectivity index (χ2v) is 4.82. The molecule has 0 aliphatic carbocycles. The molecule has 0 unspecified atom stereocenters. The lowest BCUT2D eigenvalue weighted by molar-refractivity contribution is -0.402. The van der Waals surface area contributed by atoms with Crippen molar-refractivity contribution in [1.82, 2.24) is 4.98 Å². The van der Waals surface area contributed by atoms with E-state index in [4.69, 9.17) is 4.42 Å². The number of hydrogen-bond acceptors (Lipinski definition) is 7. The third-order valence-corrected chi connectivity index (χ3v) is 3.38. The Hall–Kier alpha value is -2.74. The van der Waals surface area contributed by atoms with Crippen molar-refractivity contribution in [2.45, 2.75) is 0 Å². The van der Waals surface area contributed by atoms with E-state index >= 15 is 0 Å². The summed E-state index contributed by atoms with van der Waals surface area (Å²) in [5.74, 6) is -0.0169. The molecular formula is C12H8N4O3S. The molecule has 0 bridgehead atoms. The molecule has 0 atom stereocenters. The molecule has 0 saturated heterocycles. The minimum Gasteiger partial charge on any atom is -0.400 e. The number of rotatable bonds is 4. The molecule has 1 aromatic carbocycles. The number of nitrogens with one attached hydrogen (secondary N) is 1. The van der Waals surface area contributed by atoms with Crippen molar-refractivity contribution >= 4 is 38.8 Å². The van der Waals surface area contributed by atoms with Crippen LogP contribution in [-0.2, 0) is 0 Å². The van der Waals surface area contributed by atoms with Gasteiger partial charge in [0.25, 0.3) is 0 Å². The highest BCUT2D eigenvalue weighted by Crippen LogP contribution is 2.25. The molecule has 0 spiro atoms. The molecule has 0 radical (unpaired) electrons. The highest BCUT2D eigenvalue weighted by molar-refractivity contribution is 7.22. The van der Waals surface area contributed by atoms with Crippen LogP contribution in [0.15, 0.2) is 45.9 Å². The van der Waals surface area contributed by atoms with Crippen LogP contribution in [0.2, 0.25) is 0 Å². The predicted molar refractivity (Wildman–Crippen MR) is 76.2 cm³/mol. The van der Waals surface area contributed by atoms with Crippen LogP contribution < -0.4 is 5.43 Å². The minimum atomic E-state index is -0.599. The lowest BCUT2D eigenvalue weighted by Gasteiger charge is -1.90. The van der Waals surface area contributed by atoms with E-state index < -0.39 is 4.92 Å². The second-order valence-electron chi connectivity index (χ2n) is 3.79. The summed E-state index contributed by atoms with van der Waals surface area (Å²) in [6.45, 7) is 0. The van der Waals surface area contributed by atoms with E-state index in [0.717, 1.165) is 10.2 Å². The van der Waals surface area contributed by atoms with Gasteiger partial charge in [0.1, 0.15) is 4.92 Å². The summed E-state index contributed by atoms with van der Waals surface area (Å²) >= 11 is 1.47. The number of thiazole rings is 1. The Bertz CT molecular complexity index is 760. The SMILES string of the molecule is O=[N+]([O-])c1ccc(/C=N\Nc2nc3ccccc3s2)o1. The van der Waals surface area contributed by atoms with Crippen LogP contribution >= 0.6 is 11.3 Å². The Kier molecular flexibility index (Phi) is 3.13. The maximum absolute atomic E-state index is 10.5. The van der Waals surface area contributed by atoms with Crippen LogP contribution in [0, 0.1) is 10.1 Å². The first kappa shape index (κ1) is 12.3. The molecule has 0 amide bonds. The van der Waals surface area contributed by atoms with Crippen LogP contribution in [0.25, 0.3) is 10.2 Å². The van der Waals surface area contributed by atoms with E-state index in [1.54, 1.807) is 0 Å². The third kappa shape index (κ3) is 2.50. The number of aromatic nitrogens is 1. The molecule has 2 heterocycles. The minimum absolute atomic E-state index is 0.297. The average molecular weight is 288 g/mol. The van der Waals surface area contributed by atoms with Crippen molar-refractivity contribution in [3.63, 3.8) is 0 Å². The van der Waals surface area contributed by atoms with Crippen LogP contribution in [0.5, 0.6) is 0 Å². The summed E-state index contributed by atoms with van der Waals surface area (Å²) in [7, 11) is 0. The zero-order valence-corrected chi connectivity index (χ0v) is 10.8. The van der Waals surface area contributed by atoms with Gasteiger partial charge in [-0.3, -0.25) is 15.5 Å². The number of furan rings is 1. The second kappa shape index (κ2) is 5.10. The number of benzene rings is 1. The van der Waals surface area contributed by atoms with Gasteiger partial charge in [0.15, 0.2) is 5.76 Å². The zero-order valence-electron chi connectivity index (χ0n) is 10.0. The molecule has 7 nitrogen and oxygen atoms in total. The molecule has 0 aliphatic rings. The number of para-hydroxylation sites is 1. The third-order valence-electron chi connectivity index (χ3n) is 2.44. The summed E-state index contributed by atoms with van der Waals surface area (Å²) in [6, 6.07) is 10.5. The van der Waals surface area contributed by atoms with E-state index in [0.29, 0.717) is 10.9 Å². The van der Waals surface area contributed by atoms with E-state index in [-0.39, 0.29) is 5.88 Å². The van der Waals surface area contributed by atoms with Gasteiger partial charge in [-0.25, -0.2) is 4.98 Å². The molecule has 2 aromatic heterocycles. The van der Waals surface area contributed by atoms with Crippen LogP contribution in [0.4, 0.5) is 11.0 Å². The Morgan fingerprint density at radius 1 is 1.35 bits per heavy atom. The molecular weight excluding hydrogens is 280 g/mol. The van der Waals surface area contributed by atoms with Gasteiger partial charge in [-0.05, 0) is 18.2 Å². The molecule has 3 aromatic rings. The van der Waals surface area contributed by atoms with Crippen molar-refractivity contribution in [1.29, 1.82) is 0 Å². The Labute approximate surface area is 116 Å². The van der Waals surface area contributed by atoms with Gasteiger partial charge in [-0.2, -0.15) is 5.10 Å². The molecule has 8 heteroatoms. The fourth-order valence-electron chi connectivity index (χ4n) is 1.58. The molecule has 3 rings (SSSR count). The maximum atomic E-state index is 10.5. The van der Waals surface area contributed by atoms with Crippen LogP contribution in [-0.4, -0.2) is 16.1 Å². The molecule has 20 heavy (non-hydrogen) atoms. The van der Waals surface area contributed by atoms with Gasteiger partial charge in [0.05, 0.1) is 22.5 Å². The van der Waals surface area contributed by atoms with Crippen molar-refractivity contribution in [2.75, 3.05) is 5.43 Å². The highest BCUT2D eigenvalue weighted by Gasteiger charge is 2.10. The quantitative estimate of drug-likeness (QED) is 0.452. The summed E-state index contributed by atoms with van der Waals surface area (Å²) in [5, 5.41) is 15.0. The normalized spacial score (nSPS) is 11.2. The summed E-state index contributed by atoms with van der Waals surface area (Å²) in [4.78, 5) is 14.2. The van der Waals surface area contributed by atoms with Crippen molar-refractivity contribution < 1.29 is 9.34 Å². The van der Waals surface area contributed by atoms with Crippen molar-refractivity contribution in [2.24, 2.45) is 5.10 Å². The fourth-order valence-corrected chi connectivity index (χ4v) is 2.40. The van der Waals surface area contributed by atoms with E-state index in [2.05, 4.69) is 15.5 Å². The first-order valence-electron chi connectivity index (χ1n) is 5.61. The smallest absolute Gasteiger partial charge is 0.400 e. The monoisotopic (exact) mass is 288 g/mol. The Morgan fingerprint density at radius 2 is 2.20 bits per heavy atom. The van der Waals surface area contributed by atoms with Gasteiger partial charge in [0.2, 0.25) is 5.13 Å². The lowest BCUT2D eigenvalue weighted by atomic mass is 10.3. The number of nitro groups is 1. The van der Waals surface area contributed by atoms with Gasteiger partial charge >= 0.3 is 5.88 Å². The van der Waals surface area contributed by atoms with Crippen LogP contribution in [0.3, 0.4) is 0 Å². The highest BCUT2D eigenvalue weighted by atomic mass is 32.1. The lowest BCUT2D eigenvalue weighted by Crippen LogP contribution is -1.88.